The molecule has 0 aliphatic carbocycles. The summed E-state index contributed by atoms with van der Waals surface area (Å²) in [7, 11) is 0. The van der Waals surface area contributed by atoms with E-state index in [-0.39, 0.29) is 17.9 Å². The van der Waals surface area contributed by atoms with Crippen molar-refractivity contribution in [1.82, 2.24) is 4.90 Å². The Morgan fingerprint density at radius 1 is 1.15 bits per heavy atom. The van der Waals surface area contributed by atoms with Gasteiger partial charge in [0.2, 0.25) is 6.79 Å². The molecule has 4 rings (SSSR count). The third kappa shape index (κ3) is 3.98. The Morgan fingerprint density at radius 3 is 2.67 bits per heavy atom. The van der Waals surface area contributed by atoms with Gasteiger partial charge in [0.1, 0.15) is 11.1 Å². The number of hydrogen-bond donors (Lipinski definition) is 0. The molecule has 0 aromatic heterocycles. The number of thioether (sulfide) groups is 1. The van der Waals surface area contributed by atoms with Gasteiger partial charge in [0, 0.05) is 22.8 Å². The Labute approximate surface area is 166 Å². The number of rotatable bonds is 4. The zero-order chi connectivity index (χ0) is 19.0. The minimum absolute atomic E-state index is 0.0397. The van der Waals surface area contributed by atoms with Crippen LogP contribution in [0.3, 0.4) is 0 Å². The van der Waals surface area contributed by atoms with E-state index in [0.29, 0.717) is 18.0 Å². The Morgan fingerprint density at radius 2 is 1.93 bits per heavy atom. The van der Waals surface area contributed by atoms with E-state index in [2.05, 4.69) is 25.6 Å². The minimum Gasteiger partial charge on any atom is -0.454 e. The summed E-state index contributed by atoms with van der Waals surface area (Å²) in [6, 6.07) is 9.66. The molecule has 4 nitrogen and oxygen atoms in total. The third-order valence-electron chi connectivity index (χ3n) is 4.05. The van der Waals surface area contributed by atoms with Crippen molar-refractivity contribution in [3.8, 4) is 17.2 Å². The zero-order valence-electron chi connectivity index (χ0n) is 13.7. The molecule has 0 amide bonds. The molecule has 0 radical (unpaired) electrons. The summed E-state index contributed by atoms with van der Waals surface area (Å²) in [6.45, 7) is 0.710. The van der Waals surface area contributed by atoms with Crippen LogP contribution in [0.2, 0.25) is 0 Å². The Kier molecular flexibility index (Phi) is 4.90. The average molecular weight is 460 g/mol. The summed E-state index contributed by atoms with van der Waals surface area (Å²) in [5.41, 5.74) is 1.83. The lowest BCUT2D eigenvalue weighted by atomic mass is 10.1. The molecule has 0 fully saturated rings. The molecule has 2 aromatic carbocycles. The third-order valence-corrected chi connectivity index (χ3v) is 5.79. The molecular weight excluding hydrogens is 447 g/mol. The minimum atomic E-state index is -4.69. The van der Waals surface area contributed by atoms with Crippen LogP contribution in [0.15, 0.2) is 52.5 Å². The molecule has 0 bridgehead atoms. The average Bonchev–Trinajstić information content (AvgIpc) is 3.25. The van der Waals surface area contributed by atoms with Crippen LogP contribution in [0.1, 0.15) is 16.5 Å². The molecule has 1 unspecified atom stereocenters. The summed E-state index contributed by atoms with van der Waals surface area (Å²) in [6.07, 6.45) is -2.74. The maximum atomic E-state index is 12.3. The van der Waals surface area contributed by atoms with Gasteiger partial charge >= 0.3 is 6.36 Å². The van der Waals surface area contributed by atoms with Crippen LogP contribution in [0, 0.1) is 0 Å². The lowest BCUT2D eigenvalue weighted by molar-refractivity contribution is -0.274. The van der Waals surface area contributed by atoms with Gasteiger partial charge in [-0.3, -0.25) is 0 Å². The molecule has 0 spiro atoms. The molecule has 0 saturated carbocycles. The zero-order valence-corrected chi connectivity index (χ0v) is 16.1. The summed E-state index contributed by atoms with van der Waals surface area (Å²) < 4.78 is 52.8. The molecule has 2 aliphatic rings. The fourth-order valence-corrected chi connectivity index (χ4v) is 4.65. The maximum Gasteiger partial charge on any atom is 0.573 e. The maximum absolute atomic E-state index is 12.3. The lowest BCUT2D eigenvalue weighted by Gasteiger charge is -2.27. The van der Waals surface area contributed by atoms with E-state index in [1.165, 1.54) is 12.1 Å². The number of ether oxygens (including phenoxy) is 3. The normalized spacial score (nSPS) is 18.2. The van der Waals surface area contributed by atoms with Gasteiger partial charge in [-0.15, -0.1) is 24.9 Å². The Balaban J connectivity index is 1.53. The van der Waals surface area contributed by atoms with Crippen molar-refractivity contribution >= 4 is 27.7 Å². The Bertz CT molecular complexity index is 873. The molecule has 27 heavy (non-hydrogen) atoms. The quantitative estimate of drug-likeness (QED) is 0.576. The Hall–Kier alpha value is -2.00. The number of benzene rings is 2. The first kappa shape index (κ1) is 18.4. The smallest absolute Gasteiger partial charge is 0.454 e. The van der Waals surface area contributed by atoms with Crippen LogP contribution in [0.5, 0.6) is 17.2 Å². The first-order chi connectivity index (χ1) is 12.9. The van der Waals surface area contributed by atoms with Crippen LogP contribution in [-0.2, 0) is 6.54 Å². The van der Waals surface area contributed by atoms with E-state index >= 15 is 0 Å². The SMILES string of the molecule is FC(F)(F)Oc1ccc(CN2C=CSC2c2c(Br)ccc3c2OCO3)cc1. The fourth-order valence-electron chi connectivity index (χ4n) is 2.92. The number of nitrogens with zero attached hydrogens (tertiary/aromatic N) is 1. The van der Waals surface area contributed by atoms with Gasteiger partial charge in [-0.1, -0.05) is 28.1 Å². The summed E-state index contributed by atoms with van der Waals surface area (Å²) >= 11 is 5.20. The second-order valence-electron chi connectivity index (χ2n) is 5.83. The van der Waals surface area contributed by atoms with Crippen molar-refractivity contribution in [2.45, 2.75) is 18.3 Å². The van der Waals surface area contributed by atoms with Crippen LogP contribution in [0.25, 0.3) is 0 Å². The number of hydrogen-bond acceptors (Lipinski definition) is 5. The van der Waals surface area contributed by atoms with Gasteiger partial charge in [0.25, 0.3) is 0 Å². The molecule has 142 valence electrons. The first-order valence-electron chi connectivity index (χ1n) is 7.91. The molecular formula is C18H13BrF3NO3S. The number of fused-ring (bicyclic) bond motifs is 1. The number of alkyl halides is 3. The standard InChI is InChI=1S/C18H13BrF3NO3S/c19-13-5-6-14-16(25-10-24-14)15(13)17-23(7-8-27-17)9-11-1-3-12(4-2-11)26-18(20,21)22/h1-8,17H,9-10H2. The van der Waals surface area contributed by atoms with Crippen molar-refractivity contribution < 1.29 is 27.4 Å². The molecule has 1 atom stereocenters. The molecule has 9 heteroatoms. The van der Waals surface area contributed by atoms with Crippen molar-refractivity contribution in [3.63, 3.8) is 0 Å². The largest absolute Gasteiger partial charge is 0.573 e. The van der Waals surface area contributed by atoms with Crippen molar-refractivity contribution in [2.75, 3.05) is 6.79 Å². The predicted octanol–water partition coefficient (Wildman–Crippen LogP) is 5.80. The van der Waals surface area contributed by atoms with Gasteiger partial charge < -0.3 is 19.1 Å². The van der Waals surface area contributed by atoms with E-state index in [1.807, 2.05) is 23.7 Å². The lowest BCUT2D eigenvalue weighted by Crippen LogP contribution is -2.19. The molecule has 2 heterocycles. The monoisotopic (exact) mass is 459 g/mol. The van der Waals surface area contributed by atoms with Crippen molar-refractivity contribution in [3.05, 3.63) is 63.6 Å². The van der Waals surface area contributed by atoms with Crippen molar-refractivity contribution in [1.29, 1.82) is 0 Å². The van der Waals surface area contributed by atoms with Gasteiger partial charge in [0.15, 0.2) is 11.5 Å². The van der Waals surface area contributed by atoms with E-state index in [0.717, 1.165) is 15.6 Å². The van der Waals surface area contributed by atoms with E-state index in [4.69, 9.17) is 9.47 Å². The van der Waals surface area contributed by atoms with Crippen LogP contribution in [0.4, 0.5) is 13.2 Å². The van der Waals surface area contributed by atoms with Crippen LogP contribution < -0.4 is 14.2 Å². The first-order valence-corrected chi connectivity index (χ1v) is 9.65. The highest BCUT2D eigenvalue weighted by Crippen LogP contribution is 2.50. The molecule has 2 aromatic rings. The second kappa shape index (κ2) is 7.20. The molecule has 0 N–H and O–H groups in total. The van der Waals surface area contributed by atoms with E-state index < -0.39 is 6.36 Å². The van der Waals surface area contributed by atoms with Crippen LogP contribution >= 0.6 is 27.7 Å². The van der Waals surface area contributed by atoms with Gasteiger partial charge in [-0.05, 0) is 35.2 Å². The topological polar surface area (TPSA) is 30.9 Å². The highest BCUT2D eigenvalue weighted by molar-refractivity contribution is 9.10. The number of halogens is 4. The van der Waals surface area contributed by atoms with Gasteiger partial charge in [-0.2, -0.15) is 0 Å². The van der Waals surface area contributed by atoms with E-state index in [9.17, 15) is 13.2 Å². The van der Waals surface area contributed by atoms with Gasteiger partial charge in [0.05, 0.1) is 0 Å². The second-order valence-corrected chi connectivity index (χ2v) is 7.68. The summed E-state index contributed by atoms with van der Waals surface area (Å²) in [5, 5.41) is 1.94. The van der Waals surface area contributed by atoms with Crippen molar-refractivity contribution in [2.24, 2.45) is 0 Å². The summed E-state index contributed by atoms with van der Waals surface area (Å²) in [4.78, 5) is 2.09. The van der Waals surface area contributed by atoms with Gasteiger partial charge in [-0.25, -0.2) is 0 Å². The highest BCUT2D eigenvalue weighted by Gasteiger charge is 2.32. The molecule has 0 saturated heterocycles. The fraction of sp³-hybridized carbons (Fsp3) is 0.222. The highest BCUT2D eigenvalue weighted by atomic mass is 79.9. The van der Waals surface area contributed by atoms with Crippen LogP contribution in [-0.4, -0.2) is 18.1 Å². The van der Waals surface area contributed by atoms with E-state index in [1.54, 1.807) is 23.9 Å². The predicted molar refractivity (Wildman–Crippen MR) is 98.4 cm³/mol. The summed E-state index contributed by atoms with van der Waals surface area (Å²) in [5.74, 6) is 1.18. The molecule has 2 aliphatic heterocycles.